The third-order valence-electron chi connectivity index (χ3n) is 7.09. The molecule has 31 heavy (non-hydrogen) atoms. The second-order valence-electron chi connectivity index (χ2n) is 9.06. The van der Waals surface area contributed by atoms with Crippen molar-refractivity contribution in [2.75, 3.05) is 24.6 Å². The van der Waals surface area contributed by atoms with Crippen molar-refractivity contribution in [2.45, 2.75) is 52.2 Å². The van der Waals surface area contributed by atoms with Crippen molar-refractivity contribution in [2.24, 2.45) is 4.99 Å². The minimum absolute atomic E-state index is 0.0491. The van der Waals surface area contributed by atoms with Crippen LogP contribution >= 0.6 is 11.3 Å². The van der Waals surface area contributed by atoms with Crippen LogP contribution in [0.5, 0.6) is 0 Å². The van der Waals surface area contributed by atoms with Gasteiger partial charge in [-0.1, -0.05) is 12.1 Å². The van der Waals surface area contributed by atoms with E-state index in [1.165, 1.54) is 26.7 Å². The summed E-state index contributed by atoms with van der Waals surface area (Å²) < 4.78 is 7.86. The van der Waals surface area contributed by atoms with Crippen LogP contribution in [-0.4, -0.2) is 45.8 Å². The summed E-state index contributed by atoms with van der Waals surface area (Å²) in [5.74, 6) is 1.83. The highest BCUT2D eigenvalue weighted by atomic mass is 32.1. The summed E-state index contributed by atoms with van der Waals surface area (Å²) in [5, 5.41) is 9.98. The average molecular weight is 434 g/mol. The molecule has 0 bridgehead atoms. The quantitative estimate of drug-likeness (QED) is 0.557. The van der Waals surface area contributed by atoms with Gasteiger partial charge in [0.2, 0.25) is 0 Å². The highest BCUT2D eigenvalue weighted by Gasteiger charge is 2.46. The van der Waals surface area contributed by atoms with Crippen LogP contribution in [0.15, 0.2) is 29.3 Å². The Morgan fingerprint density at radius 2 is 1.77 bits per heavy atom. The Hall–Kier alpha value is -2.51. The second kappa shape index (κ2) is 6.74. The number of rotatable bonds is 2. The molecule has 0 amide bonds. The zero-order valence-electron chi connectivity index (χ0n) is 18.5. The van der Waals surface area contributed by atoms with Crippen LogP contribution in [0.2, 0.25) is 0 Å². The molecule has 160 valence electrons. The van der Waals surface area contributed by atoms with Crippen molar-refractivity contribution in [1.29, 1.82) is 0 Å². The molecular weight excluding hydrogens is 406 g/mol. The van der Waals surface area contributed by atoms with Gasteiger partial charge < -0.3 is 9.64 Å². The second-order valence-corrected chi connectivity index (χ2v) is 10.3. The third kappa shape index (κ3) is 2.97. The van der Waals surface area contributed by atoms with Crippen LogP contribution in [-0.2, 0) is 4.74 Å². The van der Waals surface area contributed by atoms with Gasteiger partial charge in [-0.25, -0.2) is 0 Å². The van der Waals surface area contributed by atoms with Gasteiger partial charge in [-0.3, -0.25) is 9.56 Å². The SMILES string of the molecule is Cc1sc2c(c1C)C(c1ccc(N3CCC4(CC3)CO4)cc1)=N[C@@H](C)c1nnc(C)n1-2. The molecule has 1 aromatic carbocycles. The molecule has 2 fully saturated rings. The smallest absolute Gasteiger partial charge is 0.162 e. The number of benzene rings is 1. The fourth-order valence-corrected chi connectivity index (χ4v) is 6.09. The lowest BCUT2D eigenvalue weighted by molar-refractivity contribution is 0.259. The summed E-state index contributed by atoms with van der Waals surface area (Å²) >= 11 is 1.81. The topological polar surface area (TPSA) is 58.8 Å². The van der Waals surface area contributed by atoms with Gasteiger partial charge in [-0.15, -0.1) is 21.5 Å². The number of fused-ring (bicyclic) bond motifs is 3. The van der Waals surface area contributed by atoms with E-state index in [9.17, 15) is 0 Å². The molecule has 3 aliphatic rings. The summed E-state index contributed by atoms with van der Waals surface area (Å²) in [5.41, 5.74) is 6.23. The molecule has 0 radical (unpaired) electrons. The fraction of sp³-hybridized carbons (Fsp3) is 0.458. The molecule has 6 nitrogen and oxygen atoms in total. The van der Waals surface area contributed by atoms with Crippen LogP contribution in [0.25, 0.3) is 5.00 Å². The van der Waals surface area contributed by atoms with Crippen molar-refractivity contribution < 1.29 is 4.74 Å². The van der Waals surface area contributed by atoms with Gasteiger partial charge in [0.15, 0.2) is 5.82 Å². The van der Waals surface area contributed by atoms with Crippen molar-refractivity contribution in [3.63, 3.8) is 0 Å². The highest BCUT2D eigenvalue weighted by molar-refractivity contribution is 7.15. The van der Waals surface area contributed by atoms with Crippen LogP contribution < -0.4 is 4.90 Å². The molecule has 2 aromatic heterocycles. The van der Waals surface area contributed by atoms with Crippen molar-refractivity contribution in [1.82, 2.24) is 14.8 Å². The maximum Gasteiger partial charge on any atom is 0.162 e. The van der Waals surface area contributed by atoms with Crippen LogP contribution in [0.4, 0.5) is 5.69 Å². The minimum Gasteiger partial charge on any atom is -0.371 e. The van der Waals surface area contributed by atoms with Gasteiger partial charge in [-0.2, -0.15) is 0 Å². The Bertz CT molecular complexity index is 1190. The van der Waals surface area contributed by atoms with E-state index in [0.717, 1.165) is 55.5 Å². The third-order valence-corrected chi connectivity index (χ3v) is 8.28. The standard InChI is InChI=1S/C24H27N5OS/c1-14-16(3)31-23-20(14)21(25-15(2)22-27-26-17(4)29(22)23)18-5-7-19(8-6-18)28-11-9-24(10-12-28)13-30-24/h5-8,15H,9-13H2,1-4H3/t15-/m0/s1. The van der Waals surface area contributed by atoms with Gasteiger partial charge in [0.1, 0.15) is 16.9 Å². The summed E-state index contributed by atoms with van der Waals surface area (Å²) in [7, 11) is 0. The molecule has 0 N–H and O–H groups in total. The number of hydrogen-bond acceptors (Lipinski definition) is 6. The van der Waals surface area contributed by atoms with E-state index in [4.69, 9.17) is 9.73 Å². The number of hydrogen-bond donors (Lipinski definition) is 0. The van der Waals surface area contributed by atoms with E-state index >= 15 is 0 Å². The number of ether oxygens (including phenoxy) is 1. The van der Waals surface area contributed by atoms with Crippen LogP contribution in [0.1, 0.15) is 59.0 Å². The monoisotopic (exact) mass is 433 g/mol. The normalized spacial score (nSPS) is 21.5. The highest BCUT2D eigenvalue weighted by Crippen LogP contribution is 2.40. The zero-order valence-corrected chi connectivity index (χ0v) is 19.3. The molecule has 5 heterocycles. The molecule has 0 saturated carbocycles. The number of nitrogens with zero attached hydrogens (tertiary/aromatic N) is 5. The molecule has 0 aliphatic carbocycles. The van der Waals surface area contributed by atoms with Crippen LogP contribution in [0, 0.1) is 20.8 Å². The molecule has 6 rings (SSSR count). The fourth-order valence-electron chi connectivity index (χ4n) is 4.87. The lowest BCUT2D eigenvalue weighted by Gasteiger charge is -2.32. The molecule has 1 atom stereocenters. The lowest BCUT2D eigenvalue weighted by Crippen LogP contribution is -2.37. The molecule has 1 spiro atoms. The first kappa shape index (κ1) is 19.2. The van der Waals surface area contributed by atoms with E-state index in [2.05, 4.69) is 64.7 Å². The number of piperidine rings is 1. The lowest BCUT2D eigenvalue weighted by atomic mass is 9.96. The number of aryl methyl sites for hydroxylation is 2. The molecule has 3 aromatic rings. The summed E-state index contributed by atoms with van der Waals surface area (Å²) in [4.78, 5) is 8.94. The zero-order chi connectivity index (χ0) is 21.3. The van der Waals surface area contributed by atoms with E-state index in [0.29, 0.717) is 0 Å². The van der Waals surface area contributed by atoms with E-state index in [1.54, 1.807) is 11.3 Å². The van der Waals surface area contributed by atoms with Gasteiger partial charge in [0.25, 0.3) is 0 Å². The van der Waals surface area contributed by atoms with E-state index < -0.39 is 0 Å². The maximum atomic E-state index is 5.66. The Balaban J connectivity index is 1.39. The maximum absolute atomic E-state index is 5.66. The predicted octanol–water partition coefficient (Wildman–Crippen LogP) is 4.54. The van der Waals surface area contributed by atoms with Gasteiger partial charge in [0.05, 0.1) is 17.9 Å². The number of thiophene rings is 1. The predicted molar refractivity (Wildman–Crippen MR) is 124 cm³/mol. The Morgan fingerprint density at radius 3 is 2.45 bits per heavy atom. The van der Waals surface area contributed by atoms with E-state index in [1.807, 2.05) is 6.92 Å². The van der Waals surface area contributed by atoms with Crippen molar-refractivity contribution in [3.8, 4) is 5.00 Å². The summed E-state index contributed by atoms with van der Waals surface area (Å²) in [6.07, 6.45) is 2.27. The molecule has 3 aliphatic heterocycles. The Kier molecular flexibility index (Phi) is 4.17. The number of epoxide rings is 1. The number of aliphatic imine (C=N–C) groups is 1. The average Bonchev–Trinajstić information content (AvgIpc) is 3.35. The largest absolute Gasteiger partial charge is 0.371 e. The molecule has 2 saturated heterocycles. The number of aromatic nitrogens is 3. The number of anilines is 1. The van der Waals surface area contributed by atoms with Gasteiger partial charge >= 0.3 is 0 Å². The molecule has 0 unspecified atom stereocenters. The van der Waals surface area contributed by atoms with Crippen molar-refractivity contribution in [3.05, 3.63) is 57.5 Å². The summed E-state index contributed by atoms with van der Waals surface area (Å²) in [6.45, 7) is 11.6. The van der Waals surface area contributed by atoms with Crippen LogP contribution in [0.3, 0.4) is 0 Å². The van der Waals surface area contributed by atoms with Gasteiger partial charge in [-0.05, 0) is 58.2 Å². The first-order valence-corrected chi connectivity index (χ1v) is 11.9. The van der Waals surface area contributed by atoms with E-state index in [-0.39, 0.29) is 11.6 Å². The Labute approximate surface area is 186 Å². The van der Waals surface area contributed by atoms with Gasteiger partial charge in [0, 0.05) is 34.8 Å². The molecule has 7 heteroatoms. The summed E-state index contributed by atoms with van der Waals surface area (Å²) in [6, 6.07) is 8.91. The molecular formula is C24H27N5OS. The minimum atomic E-state index is -0.0491. The van der Waals surface area contributed by atoms with Crippen molar-refractivity contribution >= 4 is 22.7 Å². The first-order valence-electron chi connectivity index (χ1n) is 11.1. The Morgan fingerprint density at radius 1 is 1.06 bits per heavy atom. The first-order chi connectivity index (χ1) is 15.0.